The van der Waals surface area contributed by atoms with Crippen molar-refractivity contribution in [1.29, 1.82) is 0 Å². The zero-order chi connectivity index (χ0) is 27.2. The Morgan fingerprint density at radius 2 is 1.82 bits per heavy atom. The quantitative estimate of drug-likeness (QED) is 0.185. The molecule has 4 unspecified atom stereocenters. The van der Waals surface area contributed by atoms with Crippen molar-refractivity contribution in [3.63, 3.8) is 0 Å². The van der Waals surface area contributed by atoms with Gasteiger partial charge in [0.2, 0.25) is 0 Å². The van der Waals surface area contributed by atoms with Gasteiger partial charge in [0.1, 0.15) is 18.1 Å². The number of methoxy groups -OCH3 is 1. The highest BCUT2D eigenvalue weighted by atomic mass is 35.5. The number of hydrogen-bond donors (Lipinski definition) is 2. The van der Waals surface area contributed by atoms with E-state index in [2.05, 4.69) is 18.4 Å². The van der Waals surface area contributed by atoms with E-state index in [4.69, 9.17) is 21.4 Å². The predicted molar refractivity (Wildman–Crippen MR) is 152 cm³/mol. The minimum absolute atomic E-state index is 0.0706. The lowest BCUT2D eigenvalue weighted by Crippen LogP contribution is -2.32. The molecule has 2 bridgehead atoms. The summed E-state index contributed by atoms with van der Waals surface area (Å²) in [6.45, 7) is 5.52. The summed E-state index contributed by atoms with van der Waals surface area (Å²) in [5, 5.41) is 20.1. The summed E-state index contributed by atoms with van der Waals surface area (Å²) in [6.07, 6.45) is 15.6. The molecule has 1 aromatic carbocycles. The van der Waals surface area contributed by atoms with E-state index in [0.717, 1.165) is 48.1 Å². The normalized spacial score (nSPS) is 24.4. The third kappa shape index (κ3) is 6.79. The first-order valence-electron chi connectivity index (χ1n) is 14.0. The molecule has 0 amide bonds. The number of ether oxygens (including phenoxy) is 1. The van der Waals surface area contributed by atoms with Crippen LogP contribution in [0.3, 0.4) is 0 Å². The number of allylic oxidation sites excluding steroid dienone is 1. The summed E-state index contributed by atoms with van der Waals surface area (Å²) in [6, 6.07) is 7.93. The number of nitrogens with zero attached hydrogens (tertiary/aromatic N) is 1. The first kappa shape index (κ1) is 28.2. The summed E-state index contributed by atoms with van der Waals surface area (Å²) < 4.78 is 8.08. The van der Waals surface area contributed by atoms with Crippen LogP contribution in [0.1, 0.15) is 81.9 Å². The molecule has 0 radical (unpaired) electrons. The van der Waals surface area contributed by atoms with E-state index in [1.165, 1.54) is 31.3 Å². The van der Waals surface area contributed by atoms with Gasteiger partial charge in [-0.2, -0.15) is 0 Å². The second-order valence-corrected chi connectivity index (χ2v) is 11.7. The summed E-state index contributed by atoms with van der Waals surface area (Å²) in [7, 11) is 1.71. The summed E-state index contributed by atoms with van der Waals surface area (Å²) in [4.78, 5) is 10.6. The van der Waals surface area contributed by atoms with Gasteiger partial charge in [0.05, 0.1) is 12.1 Å². The highest BCUT2D eigenvalue weighted by Crippen LogP contribution is 2.51. The van der Waals surface area contributed by atoms with E-state index in [1.54, 1.807) is 7.11 Å². The van der Waals surface area contributed by atoms with Crippen molar-refractivity contribution in [3.05, 3.63) is 63.9 Å². The monoisotopic (exact) mass is 538 g/mol. The van der Waals surface area contributed by atoms with Gasteiger partial charge in [-0.25, -0.2) is 4.57 Å². The van der Waals surface area contributed by atoms with Crippen LogP contribution in [0.5, 0.6) is 5.75 Å². The predicted octanol–water partition coefficient (Wildman–Crippen LogP) is 7.60. The number of aromatic nitrogens is 1. The maximum Gasteiger partial charge on any atom is 0.303 e. The molecule has 1 heterocycles. The van der Waals surface area contributed by atoms with Gasteiger partial charge >= 0.3 is 5.97 Å². The molecule has 2 aliphatic carbocycles. The van der Waals surface area contributed by atoms with Gasteiger partial charge < -0.3 is 14.9 Å². The van der Waals surface area contributed by atoms with Crippen LogP contribution in [0.15, 0.2) is 42.2 Å². The van der Waals surface area contributed by atoms with Crippen LogP contribution in [-0.4, -0.2) is 23.3 Å². The van der Waals surface area contributed by atoms with E-state index >= 15 is 0 Å². The number of unbranched alkanes of at least 4 members (excludes halogenated alkanes) is 2. The average molecular weight is 539 g/mol. The fourth-order valence-electron chi connectivity index (χ4n) is 6.57. The number of pyridine rings is 1. The highest BCUT2D eigenvalue weighted by molar-refractivity contribution is 6.34. The Hall–Kier alpha value is -2.79. The Labute approximate surface area is 231 Å². The topological polar surface area (TPSA) is 70.6 Å². The van der Waals surface area contributed by atoms with Crippen molar-refractivity contribution in [2.24, 2.45) is 23.7 Å². The van der Waals surface area contributed by atoms with Gasteiger partial charge in [-0.3, -0.25) is 4.79 Å². The largest absolute Gasteiger partial charge is 0.506 e. The molecule has 0 saturated heterocycles. The van der Waals surface area contributed by atoms with Crippen molar-refractivity contribution < 1.29 is 24.3 Å². The second kappa shape index (κ2) is 12.8. The molecule has 2 aliphatic rings. The second-order valence-electron chi connectivity index (χ2n) is 11.3. The smallest absolute Gasteiger partial charge is 0.303 e. The third-order valence-corrected chi connectivity index (χ3v) is 8.62. The van der Waals surface area contributed by atoms with Crippen LogP contribution in [0.4, 0.5) is 0 Å². The van der Waals surface area contributed by atoms with Crippen LogP contribution in [0.2, 0.25) is 5.02 Å². The van der Waals surface area contributed by atoms with Crippen molar-refractivity contribution in [1.82, 2.24) is 0 Å². The number of carbonyl (C=O) groups is 1. The Kier molecular flexibility index (Phi) is 9.54. The number of phenolic OH excluding ortho intramolecular Hbond substituents is 1. The zero-order valence-corrected chi connectivity index (χ0v) is 23.6. The molecule has 2 fully saturated rings. The minimum Gasteiger partial charge on any atom is -0.506 e. The van der Waals surface area contributed by atoms with Gasteiger partial charge in [-0.15, -0.1) is 0 Å². The van der Waals surface area contributed by atoms with Crippen LogP contribution < -0.4 is 4.57 Å². The van der Waals surface area contributed by atoms with E-state index in [0.29, 0.717) is 28.8 Å². The number of hydrogen-bond acceptors (Lipinski definition) is 3. The van der Waals surface area contributed by atoms with Crippen molar-refractivity contribution in [2.75, 3.05) is 7.11 Å². The Morgan fingerprint density at radius 3 is 2.53 bits per heavy atom. The van der Waals surface area contributed by atoms with Crippen LogP contribution >= 0.6 is 11.6 Å². The highest BCUT2D eigenvalue weighted by Gasteiger charge is 2.39. The lowest BCUT2D eigenvalue weighted by atomic mass is 9.62. The lowest BCUT2D eigenvalue weighted by molar-refractivity contribution is -0.697. The third-order valence-electron chi connectivity index (χ3n) is 8.24. The first-order chi connectivity index (χ1) is 18.3. The van der Waals surface area contributed by atoms with Crippen molar-refractivity contribution in [2.45, 2.75) is 71.8 Å². The Bertz CT molecular complexity index is 1180. The summed E-state index contributed by atoms with van der Waals surface area (Å²) in [5.41, 5.74) is 3.81. The number of fused-ring (bicyclic) bond motifs is 2. The van der Waals surface area contributed by atoms with Gasteiger partial charge in [-0.05, 0) is 79.4 Å². The molecular weight excluding hydrogens is 498 g/mol. The molecule has 6 heteroatoms. The molecule has 1 aromatic heterocycles. The van der Waals surface area contributed by atoms with Crippen molar-refractivity contribution in [3.8, 4) is 5.75 Å². The zero-order valence-electron chi connectivity index (χ0n) is 22.8. The fraction of sp³-hybridized carbons (Fsp3) is 0.500. The standard InChI is InChI=1S/C32H40ClNO4/c1-21-17-24-19-22(2)29(26(18-21)20-24)32(38-3)27-11-10-25(31(37)30(27)33)9-8-23-12-15-34(16-13-23)14-6-4-5-7-28(35)36/h8-13,15-16,21-22,24,26H,4-7,14,17-20H2,1-3H3,(H,35,36)/p+1/b32-29-. The van der Waals surface area contributed by atoms with Crippen LogP contribution in [0.25, 0.3) is 17.9 Å². The SMILES string of the molecule is CO/C(=C1/C(C)CC2CC(C)CC1C2)c1ccc(/C=C/c2cc[n+](CCCCCC(=O)O)cc2)c(O)c1Cl. The molecule has 204 valence electrons. The number of benzene rings is 1. The molecule has 4 rings (SSSR count). The number of aromatic hydroxyl groups is 1. The molecule has 5 nitrogen and oxygen atoms in total. The van der Waals surface area contributed by atoms with E-state index in [-0.39, 0.29) is 12.2 Å². The minimum atomic E-state index is -0.734. The van der Waals surface area contributed by atoms with Crippen LogP contribution in [0, 0.1) is 23.7 Å². The van der Waals surface area contributed by atoms with E-state index in [1.807, 2.05) is 48.8 Å². The molecule has 0 spiro atoms. The molecule has 2 aromatic rings. The number of halogens is 1. The lowest BCUT2D eigenvalue weighted by Gasteiger charge is -2.43. The summed E-state index contributed by atoms with van der Waals surface area (Å²) in [5.74, 6) is 2.67. The summed E-state index contributed by atoms with van der Waals surface area (Å²) >= 11 is 6.76. The molecule has 4 atom stereocenters. The number of rotatable bonds is 10. The number of carboxylic acids is 1. The van der Waals surface area contributed by atoms with Gasteiger partial charge in [0.15, 0.2) is 12.4 Å². The fourth-order valence-corrected chi connectivity index (χ4v) is 6.82. The molecule has 2 N–H and O–H groups in total. The van der Waals surface area contributed by atoms with E-state index in [9.17, 15) is 9.90 Å². The number of carboxylic acid groups (broad SMARTS) is 1. The molecule has 38 heavy (non-hydrogen) atoms. The Balaban J connectivity index is 1.47. The first-order valence-corrected chi connectivity index (χ1v) is 14.3. The van der Waals surface area contributed by atoms with Gasteiger partial charge in [0, 0.05) is 36.1 Å². The molecular formula is C32H41ClNO4+. The average Bonchev–Trinajstić information content (AvgIpc) is 2.87. The van der Waals surface area contributed by atoms with Gasteiger partial charge in [-0.1, -0.05) is 43.7 Å². The number of aliphatic carboxylic acids is 1. The maximum absolute atomic E-state index is 11.0. The van der Waals surface area contributed by atoms with Crippen LogP contribution in [-0.2, 0) is 16.1 Å². The number of phenols is 1. The van der Waals surface area contributed by atoms with Gasteiger partial charge in [0.25, 0.3) is 0 Å². The van der Waals surface area contributed by atoms with Crippen molar-refractivity contribution >= 4 is 35.5 Å². The maximum atomic E-state index is 11.0. The molecule has 0 aliphatic heterocycles. The Morgan fingerprint density at radius 1 is 1.05 bits per heavy atom. The molecule has 2 saturated carbocycles. The number of aryl methyl sites for hydroxylation is 1. The van der Waals surface area contributed by atoms with E-state index < -0.39 is 5.97 Å².